The molecule has 3 aromatic carbocycles. The number of carboxylic acids is 2. The Morgan fingerprint density at radius 2 is 1.34 bits per heavy atom. The number of hydrogen-bond donors (Lipinski definition) is 2. The molecule has 4 aromatic rings. The summed E-state index contributed by atoms with van der Waals surface area (Å²) < 4.78 is 29.2. The van der Waals surface area contributed by atoms with Crippen LogP contribution in [0.25, 0.3) is 22.3 Å². The molecule has 2 heterocycles. The molecule has 67 heavy (non-hydrogen) atoms. The molecule has 4 atom stereocenters. The Labute approximate surface area is 393 Å². The predicted octanol–water partition coefficient (Wildman–Crippen LogP) is 11.5. The summed E-state index contributed by atoms with van der Waals surface area (Å²) in [6.07, 6.45) is 10.7. The van der Waals surface area contributed by atoms with Gasteiger partial charge < -0.3 is 33.6 Å². The predicted molar refractivity (Wildman–Crippen MR) is 255 cm³/mol. The largest absolute Gasteiger partial charge is 0.487 e. The van der Waals surface area contributed by atoms with Crippen LogP contribution in [0.4, 0.5) is 0 Å². The van der Waals surface area contributed by atoms with Crippen molar-refractivity contribution in [3.05, 3.63) is 80.0 Å². The maximum Gasteiger partial charge on any atom is 0.319 e. The Morgan fingerprint density at radius 1 is 0.746 bits per heavy atom. The lowest BCUT2D eigenvalue weighted by molar-refractivity contribution is -0.148. The summed E-state index contributed by atoms with van der Waals surface area (Å²) in [5.41, 5.74) is -1.28. The quantitative estimate of drug-likeness (QED) is 0.0593. The number of carbonyl (C=O) groups is 5. The summed E-state index contributed by atoms with van der Waals surface area (Å²) in [5.74, 6) is -2.89. The average Bonchev–Trinajstić information content (AvgIpc) is 3.21. The van der Waals surface area contributed by atoms with Gasteiger partial charge in [0.05, 0.1) is 11.8 Å². The number of rotatable bonds is 21. The maximum atomic E-state index is 14.5. The maximum absolute atomic E-state index is 14.5. The van der Waals surface area contributed by atoms with Crippen LogP contribution in [0.5, 0.6) is 23.0 Å². The number of aliphatic carboxylic acids is 2. The van der Waals surface area contributed by atoms with Gasteiger partial charge in [-0.25, -0.2) is 0 Å². The van der Waals surface area contributed by atoms with Gasteiger partial charge in [-0.05, 0) is 129 Å². The molecule has 0 radical (unpaired) electrons. The zero-order valence-electron chi connectivity index (χ0n) is 41.1. The van der Waals surface area contributed by atoms with E-state index >= 15 is 0 Å². The minimum atomic E-state index is -2.42. The van der Waals surface area contributed by atoms with Gasteiger partial charge in [-0.3, -0.25) is 28.8 Å². The number of ether oxygens (including phenoxy) is 4. The van der Waals surface area contributed by atoms with Gasteiger partial charge in [0.25, 0.3) is 0 Å². The fourth-order valence-electron chi connectivity index (χ4n) is 9.88. The van der Waals surface area contributed by atoms with Gasteiger partial charge in [-0.2, -0.15) is 0 Å². The smallest absolute Gasteiger partial charge is 0.319 e. The van der Waals surface area contributed by atoms with Crippen molar-refractivity contribution in [1.29, 1.82) is 0 Å². The summed E-state index contributed by atoms with van der Waals surface area (Å²) in [4.78, 5) is 77.9. The van der Waals surface area contributed by atoms with Crippen LogP contribution in [0.3, 0.4) is 0 Å². The number of hydrogen-bond acceptors (Lipinski definition) is 11. The van der Waals surface area contributed by atoms with E-state index in [1.165, 1.54) is 75.8 Å². The van der Waals surface area contributed by atoms with Crippen LogP contribution in [0.1, 0.15) is 159 Å². The number of carbonyl (C=O) groups excluding carboxylic acids is 3. The second-order valence-electron chi connectivity index (χ2n) is 19.5. The van der Waals surface area contributed by atoms with E-state index in [0.29, 0.717) is 41.2 Å². The first kappa shape index (κ1) is 52.0. The molecule has 1 aromatic heterocycles. The summed E-state index contributed by atoms with van der Waals surface area (Å²) in [7, 11) is 0. The van der Waals surface area contributed by atoms with Gasteiger partial charge in [0.2, 0.25) is 0 Å². The van der Waals surface area contributed by atoms with Crippen molar-refractivity contribution in [3.63, 3.8) is 0 Å². The Hall–Kier alpha value is -5.98. The molecule has 0 saturated heterocycles. The lowest BCUT2D eigenvalue weighted by atomic mass is 9.66. The molecule has 0 spiro atoms. The third kappa shape index (κ3) is 12.3. The summed E-state index contributed by atoms with van der Waals surface area (Å²) in [6, 6.07) is 7.70. The van der Waals surface area contributed by atoms with Crippen molar-refractivity contribution in [2.45, 2.75) is 164 Å². The van der Waals surface area contributed by atoms with Crippen LogP contribution >= 0.6 is 0 Å². The highest BCUT2D eigenvalue weighted by Crippen LogP contribution is 2.50. The van der Waals surface area contributed by atoms with E-state index in [-0.39, 0.29) is 50.7 Å². The highest BCUT2D eigenvalue weighted by atomic mass is 16.6. The zero-order chi connectivity index (χ0) is 49.5. The van der Waals surface area contributed by atoms with E-state index in [1.54, 1.807) is 13.8 Å². The highest BCUT2D eigenvalue weighted by molar-refractivity contribution is 5.99. The third-order valence-corrected chi connectivity index (χ3v) is 13.4. The Morgan fingerprint density at radius 3 is 1.93 bits per heavy atom. The lowest BCUT2D eigenvalue weighted by Crippen LogP contribution is -2.43. The van der Waals surface area contributed by atoms with Crippen molar-refractivity contribution in [2.24, 2.45) is 17.8 Å². The van der Waals surface area contributed by atoms with Crippen LogP contribution in [0.15, 0.2) is 45.6 Å². The number of carboxylic acid groups (broad SMARTS) is 2. The van der Waals surface area contributed by atoms with Gasteiger partial charge in [0.1, 0.15) is 33.9 Å². The monoisotopic (exact) mass is 924 g/mol. The molecule has 0 aliphatic carbocycles. The molecule has 1 aliphatic heterocycles. The number of esters is 3. The van der Waals surface area contributed by atoms with Crippen molar-refractivity contribution in [3.8, 4) is 34.3 Å². The first-order chi connectivity index (χ1) is 31.5. The molecule has 0 saturated carbocycles. The van der Waals surface area contributed by atoms with Crippen molar-refractivity contribution < 1.29 is 57.6 Å². The normalized spacial score (nSPS) is 16.4. The van der Waals surface area contributed by atoms with Gasteiger partial charge in [-0.15, -0.1) is 0 Å². The minimum Gasteiger partial charge on any atom is -0.487 e. The molecule has 362 valence electrons. The molecule has 0 bridgehead atoms. The molecule has 0 amide bonds. The van der Waals surface area contributed by atoms with Crippen molar-refractivity contribution >= 4 is 40.8 Å². The van der Waals surface area contributed by atoms with Crippen LogP contribution in [0, 0.1) is 38.5 Å². The molecule has 13 heteroatoms. The second-order valence-corrected chi connectivity index (χ2v) is 19.5. The lowest BCUT2D eigenvalue weighted by Gasteiger charge is -2.41. The standard InChI is InChI=1S/C54H68O13/c1-30(2)15-12-16-31(3)17-13-18-32(4)19-14-23-53(11)24-22-41-35(7)50(33(5)34(6)51(41)67-53)54(52(61)62,29-48(59)60)42-26-40(63-36(8)55)27-47-49(42)43(58)28-45(66-47)39-20-21-44(64-37(9)56)46(25-39)65-38(10)57/h20-21,25-28,30-32H,12-19,22-24,29H2,1-11H3,(H,59,60)(H,61,62). The Kier molecular flexibility index (Phi) is 16.9. The van der Waals surface area contributed by atoms with Crippen LogP contribution in [0.2, 0.25) is 0 Å². The molecule has 1 aliphatic rings. The Balaban J connectivity index is 1.56. The van der Waals surface area contributed by atoms with Crippen molar-refractivity contribution in [1.82, 2.24) is 0 Å². The van der Waals surface area contributed by atoms with E-state index < -0.39 is 52.7 Å². The number of fused-ring (bicyclic) bond motifs is 2. The molecule has 4 unspecified atom stereocenters. The topological polar surface area (TPSA) is 193 Å². The van der Waals surface area contributed by atoms with Crippen LogP contribution < -0.4 is 24.4 Å². The van der Waals surface area contributed by atoms with E-state index in [0.717, 1.165) is 56.6 Å². The fraction of sp³-hybridized carbons (Fsp3) is 0.519. The molecule has 2 N–H and O–H groups in total. The first-order valence-corrected chi connectivity index (χ1v) is 23.6. The van der Waals surface area contributed by atoms with Crippen LogP contribution in [-0.2, 0) is 35.8 Å². The van der Waals surface area contributed by atoms with Gasteiger partial charge >= 0.3 is 29.8 Å². The SMILES string of the molecule is CC(=O)Oc1cc(C(CC(=O)O)(C(=O)O)c2c(C)c(C)c3c(c2C)CCC(C)(CCCC(C)CCCC(C)CCCC(C)C)O3)c2c(=O)cc(-c3ccc(OC(C)=O)c(OC(C)=O)c3)oc2c1. The molecule has 0 fully saturated rings. The second kappa shape index (κ2) is 21.8. The molecular formula is C54H68O13. The molecular weight excluding hydrogens is 857 g/mol. The highest BCUT2D eigenvalue weighted by Gasteiger charge is 2.50. The van der Waals surface area contributed by atoms with Gasteiger partial charge in [-0.1, -0.05) is 72.6 Å². The van der Waals surface area contributed by atoms with E-state index in [2.05, 4.69) is 34.6 Å². The third-order valence-electron chi connectivity index (χ3n) is 13.4. The minimum absolute atomic E-state index is 0.0708. The summed E-state index contributed by atoms with van der Waals surface area (Å²) in [5, 5.41) is 21.9. The van der Waals surface area contributed by atoms with E-state index in [1.807, 2.05) is 6.92 Å². The van der Waals surface area contributed by atoms with Crippen LogP contribution in [-0.4, -0.2) is 45.7 Å². The zero-order valence-corrected chi connectivity index (χ0v) is 41.1. The fourth-order valence-corrected chi connectivity index (χ4v) is 9.88. The summed E-state index contributed by atoms with van der Waals surface area (Å²) in [6.45, 7) is 20.2. The number of benzene rings is 3. The van der Waals surface area contributed by atoms with Gasteiger partial charge in [0.15, 0.2) is 16.9 Å². The summed E-state index contributed by atoms with van der Waals surface area (Å²) >= 11 is 0. The van der Waals surface area contributed by atoms with E-state index in [9.17, 15) is 39.0 Å². The van der Waals surface area contributed by atoms with Gasteiger partial charge in [0, 0.05) is 38.5 Å². The average molecular weight is 925 g/mol. The molecule has 13 nitrogen and oxygen atoms in total. The van der Waals surface area contributed by atoms with E-state index in [4.69, 9.17) is 23.4 Å². The molecule has 5 rings (SSSR count). The van der Waals surface area contributed by atoms with Crippen molar-refractivity contribution in [2.75, 3.05) is 0 Å². The first-order valence-electron chi connectivity index (χ1n) is 23.6. The Bertz CT molecular complexity index is 2580.